The Morgan fingerprint density at radius 1 is 1.14 bits per heavy atom. The van der Waals surface area contributed by atoms with E-state index in [4.69, 9.17) is 0 Å². The Morgan fingerprint density at radius 3 is 2.57 bits per heavy atom. The number of hydrogen-bond acceptors (Lipinski definition) is 6. The zero-order valence-corrected chi connectivity index (χ0v) is 18.2. The number of nitrogens with one attached hydrogen (secondary N) is 1. The van der Waals surface area contributed by atoms with Crippen LogP contribution in [0, 0.1) is 20.8 Å². The molecule has 0 fully saturated rings. The summed E-state index contributed by atoms with van der Waals surface area (Å²) in [6.45, 7) is 5.93. The van der Waals surface area contributed by atoms with Crippen LogP contribution in [0.5, 0.6) is 0 Å². The van der Waals surface area contributed by atoms with Crippen LogP contribution in [0.15, 0.2) is 39.9 Å². The van der Waals surface area contributed by atoms with Crippen molar-refractivity contribution in [2.75, 3.05) is 6.54 Å². The summed E-state index contributed by atoms with van der Waals surface area (Å²) in [6, 6.07) is 7.75. The van der Waals surface area contributed by atoms with Gasteiger partial charge in [-0.05, 0) is 43.3 Å². The summed E-state index contributed by atoms with van der Waals surface area (Å²) in [5.74, 6) is 0.703. The molecule has 0 saturated carbocycles. The number of fused-ring (bicyclic) bond motifs is 1. The van der Waals surface area contributed by atoms with E-state index >= 15 is 0 Å². The largest absolute Gasteiger partial charge is 0.241 e. The number of aryl methyl sites for hydroxylation is 3. The maximum absolute atomic E-state index is 12.8. The van der Waals surface area contributed by atoms with Gasteiger partial charge in [0.1, 0.15) is 0 Å². The Bertz CT molecular complexity index is 1210. The molecule has 0 aliphatic carbocycles. The molecule has 0 amide bonds. The minimum absolute atomic E-state index is 0.301. The highest BCUT2D eigenvalue weighted by Gasteiger charge is 2.20. The van der Waals surface area contributed by atoms with Gasteiger partial charge in [-0.25, -0.2) is 17.7 Å². The van der Waals surface area contributed by atoms with Gasteiger partial charge < -0.3 is 0 Å². The third-order valence-corrected chi connectivity index (χ3v) is 7.93. The summed E-state index contributed by atoms with van der Waals surface area (Å²) in [6.07, 6.45) is 0.538. The Labute approximate surface area is 171 Å². The molecule has 4 rings (SSSR count). The van der Waals surface area contributed by atoms with Crippen LogP contribution < -0.4 is 4.72 Å². The summed E-state index contributed by atoms with van der Waals surface area (Å²) in [5.41, 5.74) is 3.53. The van der Waals surface area contributed by atoms with E-state index < -0.39 is 10.0 Å². The molecule has 1 N–H and O–H groups in total. The second-order valence-corrected chi connectivity index (χ2v) is 10.2. The fourth-order valence-corrected chi connectivity index (χ4v) is 6.37. The Morgan fingerprint density at radius 2 is 1.89 bits per heavy atom. The average molecular weight is 433 g/mol. The summed E-state index contributed by atoms with van der Waals surface area (Å²) in [4.78, 5) is 6.76. The molecule has 9 heteroatoms. The molecule has 0 aliphatic heterocycles. The van der Waals surface area contributed by atoms with Gasteiger partial charge in [-0.2, -0.15) is 4.98 Å². The van der Waals surface area contributed by atoms with E-state index in [-0.39, 0.29) is 0 Å². The molecule has 3 aromatic heterocycles. The number of aromatic nitrogens is 3. The smallest absolute Gasteiger partial charge is 0.211 e. The average Bonchev–Trinajstić information content (AvgIpc) is 3.30. The molecule has 146 valence electrons. The first-order valence-electron chi connectivity index (χ1n) is 8.80. The molecule has 0 unspecified atom stereocenters. The molecule has 1 aromatic carbocycles. The first-order valence-corrected chi connectivity index (χ1v) is 12.0. The van der Waals surface area contributed by atoms with Crippen LogP contribution in [0.2, 0.25) is 0 Å². The van der Waals surface area contributed by atoms with Gasteiger partial charge in [-0.15, -0.1) is 27.8 Å². The second kappa shape index (κ2) is 7.40. The van der Waals surface area contributed by atoms with Crippen molar-refractivity contribution in [3.05, 3.63) is 57.4 Å². The molecular weight excluding hydrogens is 412 g/mol. The van der Waals surface area contributed by atoms with E-state index in [1.165, 1.54) is 11.3 Å². The quantitative estimate of drug-likeness (QED) is 0.500. The van der Waals surface area contributed by atoms with Crippen LogP contribution in [0.4, 0.5) is 0 Å². The lowest BCUT2D eigenvalue weighted by Crippen LogP contribution is -2.27. The molecule has 6 nitrogen and oxygen atoms in total. The highest BCUT2D eigenvalue weighted by atomic mass is 32.2. The summed E-state index contributed by atoms with van der Waals surface area (Å²) >= 11 is 3.11. The SMILES string of the molecule is Cc1cc(C)c(S(=O)(=O)NCCc2csc3nc(-c4cccs4)nn23)c(C)c1. The Hall–Kier alpha value is -2.07. The van der Waals surface area contributed by atoms with Crippen molar-refractivity contribution < 1.29 is 8.42 Å². The molecule has 3 heterocycles. The lowest BCUT2D eigenvalue weighted by molar-refractivity contribution is 0.579. The van der Waals surface area contributed by atoms with Gasteiger partial charge in [0.25, 0.3) is 0 Å². The van der Waals surface area contributed by atoms with Gasteiger partial charge in [-0.3, -0.25) is 0 Å². The number of nitrogens with zero attached hydrogens (tertiary/aromatic N) is 3. The van der Waals surface area contributed by atoms with Gasteiger partial charge in [0.2, 0.25) is 15.0 Å². The fourth-order valence-electron chi connectivity index (χ4n) is 3.38. The van der Waals surface area contributed by atoms with Gasteiger partial charge in [0, 0.05) is 18.3 Å². The predicted octanol–water partition coefficient (Wildman–Crippen LogP) is 3.97. The molecule has 0 saturated heterocycles. The fraction of sp³-hybridized carbons (Fsp3) is 0.263. The topological polar surface area (TPSA) is 76.4 Å². The number of benzene rings is 1. The van der Waals surface area contributed by atoms with Crippen molar-refractivity contribution >= 4 is 37.7 Å². The number of hydrogen-bond donors (Lipinski definition) is 1. The Balaban J connectivity index is 1.51. The van der Waals surface area contributed by atoms with Gasteiger partial charge in [0.15, 0.2) is 5.82 Å². The molecular formula is C19H20N4O2S3. The van der Waals surface area contributed by atoms with E-state index in [9.17, 15) is 8.42 Å². The van der Waals surface area contributed by atoms with E-state index in [0.717, 1.165) is 32.2 Å². The number of thiophene rings is 1. The minimum atomic E-state index is -3.57. The van der Waals surface area contributed by atoms with Crippen LogP contribution in [0.25, 0.3) is 15.7 Å². The lowest BCUT2D eigenvalue weighted by Gasteiger charge is -2.13. The number of thiazole rings is 1. The van der Waals surface area contributed by atoms with E-state index in [1.54, 1.807) is 15.9 Å². The maximum atomic E-state index is 12.8. The predicted molar refractivity (Wildman–Crippen MR) is 114 cm³/mol. The zero-order valence-electron chi connectivity index (χ0n) is 15.8. The zero-order chi connectivity index (χ0) is 19.9. The molecule has 0 bridgehead atoms. The molecule has 28 heavy (non-hydrogen) atoms. The van der Waals surface area contributed by atoms with Gasteiger partial charge >= 0.3 is 0 Å². The third-order valence-electron chi connectivity index (χ3n) is 4.44. The third kappa shape index (κ3) is 3.62. The van der Waals surface area contributed by atoms with Crippen LogP contribution in [-0.4, -0.2) is 29.6 Å². The van der Waals surface area contributed by atoms with Crippen molar-refractivity contribution in [1.29, 1.82) is 0 Å². The summed E-state index contributed by atoms with van der Waals surface area (Å²) in [7, 11) is -3.57. The van der Waals surface area contributed by atoms with E-state index in [0.29, 0.717) is 23.7 Å². The van der Waals surface area contributed by atoms with E-state index in [2.05, 4.69) is 14.8 Å². The highest BCUT2D eigenvalue weighted by Crippen LogP contribution is 2.25. The molecule has 0 radical (unpaired) electrons. The van der Waals surface area contributed by atoms with Gasteiger partial charge in [-0.1, -0.05) is 23.8 Å². The van der Waals surface area contributed by atoms with Crippen molar-refractivity contribution in [2.24, 2.45) is 0 Å². The van der Waals surface area contributed by atoms with Crippen molar-refractivity contribution in [3.8, 4) is 10.7 Å². The van der Waals surface area contributed by atoms with Crippen LogP contribution in [0.1, 0.15) is 22.4 Å². The molecule has 0 aliphatic rings. The summed E-state index contributed by atoms with van der Waals surface area (Å²) < 4.78 is 30.1. The van der Waals surface area contributed by atoms with Gasteiger partial charge in [0.05, 0.1) is 15.5 Å². The van der Waals surface area contributed by atoms with Crippen molar-refractivity contribution in [3.63, 3.8) is 0 Å². The van der Waals surface area contributed by atoms with E-state index in [1.807, 2.05) is 55.8 Å². The molecule has 4 aromatic rings. The number of sulfonamides is 1. The van der Waals surface area contributed by atoms with Crippen molar-refractivity contribution in [1.82, 2.24) is 19.3 Å². The Kier molecular flexibility index (Phi) is 5.09. The number of rotatable bonds is 6. The minimum Gasteiger partial charge on any atom is -0.211 e. The summed E-state index contributed by atoms with van der Waals surface area (Å²) in [5, 5.41) is 8.55. The monoisotopic (exact) mass is 432 g/mol. The normalized spacial score (nSPS) is 12.1. The highest BCUT2D eigenvalue weighted by molar-refractivity contribution is 7.89. The first kappa shape index (κ1) is 19.3. The lowest BCUT2D eigenvalue weighted by atomic mass is 10.1. The standard InChI is InChI=1S/C19H20N4O2S3/c1-12-9-13(2)17(14(3)10-12)28(24,25)20-7-6-15-11-27-19-21-18(22-23(15)19)16-5-4-8-26-16/h4-5,8-11,20H,6-7H2,1-3H3. The van der Waals surface area contributed by atoms with Crippen LogP contribution in [-0.2, 0) is 16.4 Å². The van der Waals surface area contributed by atoms with Crippen molar-refractivity contribution in [2.45, 2.75) is 32.1 Å². The van der Waals surface area contributed by atoms with Crippen LogP contribution >= 0.6 is 22.7 Å². The first-order chi connectivity index (χ1) is 13.3. The molecule has 0 atom stereocenters. The maximum Gasteiger partial charge on any atom is 0.241 e. The molecule has 0 spiro atoms. The second-order valence-electron chi connectivity index (χ2n) is 6.71. The van der Waals surface area contributed by atoms with Crippen LogP contribution in [0.3, 0.4) is 0 Å².